The maximum atomic E-state index is 6.51. The number of hydrogen-bond donors (Lipinski definition) is 0. The highest BCUT2D eigenvalue weighted by molar-refractivity contribution is 6.68. The second-order valence-corrected chi connectivity index (χ2v) is 9.40. The van der Waals surface area contributed by atoms with Gasteiger partial charge in [0.1, 0.15) is 0 Å². The van der Waals surface area contributed by atoms with Gasteiger partial charge in [0.15, 0.2) is 0 Å². The SMILES string of the molecule is CCO[Si](C)(OC(C)(C)C1CCC1)C1CC1. The third kappa shape index (κ3) is 2.52. The molecule has 2 nitrogen and oxygen atoms in total. The molecule has 2 rings (SSSR count). The summed E-state index contributed by atoms with van der Waals surface area (Å²) in [4.78, 5) is 0. The van der Waals surface area contributed by atoms with Crippen LogP contribution in [0, 0.1) is 5.92 Å². The van der Waals surface area contributed by atoms with Gasteiger partial charge in [0.05, 0.1) is 5.60 Å². The fraction of sp³-hybridized carbons (Fsp3) is 1.00. The van der Waals surface area contributed by atoms with Crippen molar-refractivity contribution in [1.29, 1.82) is 0 Å². The van der Waals surface area contributed by atoms with E-state index in [1.54, 1.807) is 0 Å². The van der Waals surface area contributed by atoms with Gasteiger partial charge in [0, 0.05) is 12.1 Å². The van der Waals surface area contributed by atoms with Crippen LogP contribution in [-0.4, -0.2) is 20.8 Å². The number of rotatable bonds is 6. The van der Waals surface area contributed by atoms with Crippen molar-refractivity contribution in [3.05, 3.63) is 0 Å². The molecule has 3 heteroatoms. The molecule has 0 aromatic rings. The smallest absolute Gasteiger partial charge is 0.338 e. The highest BCUT2D eigenvalue weighted by Crippen LogP contribution is 2.49. The molecular weight excluding hydrogens is 216 g/mol. The molecule has 2 fully saturated rings. The molecule has 0 N–H and O–H groups in total. The second kappa shape index (κ2) is 4.43. The van der Waals surface area contributed by atoms with Crippen molar-refractivity contribution in [1.82, 2.24) is 0 Å². The second-order valence-electron chi connectivity index (χ2n) is 6.06. The van der Waals surface area contributed by atoms with Gasteiger partial charge in [-0.15, -0.1) is 0 Å². The highest BCUT2D eigenvalue weighted by atomic mass is 28.4. The quantitative estimate of drug-likeness (QED) is 0.659. The van der Waals surface area contributed by atoms with Crippen molar-refractivity contribution < 1.29 is 8.85 Å². The first-order valence-corrected chi connectivity index (χ1v) is 9.21. The molecule has 0 amide bonds. The van der Waals surface area contributed by atoms with E-state index in [1.807, 2.05) is 0 Å². The summed E-state index contributed by atoms with van der Waals surface area (Å²) in [6, 6.07) is 0. The van der Waals surface area contributed by atoms with Crippen molar-refractivity contribution in [3.8, 4) is 0 Å². The Morgan fingerprint density at radius 2 is 1.81 bits per heavy atom. The van der Waals surface area contributed by atoms with E-state index in [0.29, 0.717) is 0 Å². The van der Waals surface area contributed by atoms with Gasteiger partial charge in [-0.3, -0.25) is 0 Å². The van der Waals surface area contributed by atoms with Crippen LogP contribution in [0.3, 0.4) is 0 Å². The zero-order chi connectivity index (χ0) is 11.8. The Balaban J connectivity index is 1.98. The molecule has 0 bridgehead atoms. The topological polar surface area (TPSA) is 18.5 Å². The largest absolute Gasteiger partial charge is 0.394 e. The Hall–Kier alpha value is 0.137. The van der Waals surface area contributed by atoms with Crippen LogP contribution in [-0.2, 0) is 8.85 Å². The van der Waals surface area contributed by atoms with Crippen LogP contribution < -0.4 is 0 Å². The summed E-state index contributed by atoms with van der Waals surface area (Å²) in [5.74, 6) is 0.763. The standard InChI is InChI=1S/C13H26O2Si/c1-5-14-16(4,12-9-10-12)15-13(2,3)11-7-6-8-11/h11-12H,5-10H2,1-4H3. The van der Waals surface area contributed by atoms with Crippen molar-refractivity contribution in [3.63, 3.8) is 0 Å². The molecule has 94 valence electrons. The van der Waals surface area contributed by atoms with Crippen LogP contribution in [0.4, 0.5) is 0 Å². The van der Waals surface area contributed by atoms with E-state index in [-0.39, 0.29) is 5.60 Å². The molecule has 0 saturated heterocycles. The maximum absolute atomic E-state index is 6.51. The van der Waals surface area contributed by atoms with E-state index in [9.17, 15) is 0 Å². The Kier molecular flexibility index (Phi) is 3.48. The van der Waals surface area contributed by atoms with Gasteiger partial charge in [-0.2, -0.15) is 0 Å². The summed E-state index contributed by atoms with van der Waals surface area (Å²) in [5, 5.41) is 0. The average Bonchev–Trinajstić information content (AvgIpc) is 2.78. The summed E-state index contributed by atoms with van der Waals surface area (Å²) in [5.41, 5.74) is 0.795. The lowest BCUT2D eigenvalue weighted by atomic mass is 9.75. The summed E-state index contributed by atoms with van der Waals surface area (Å²) in [6.45, 7) is 9.70. The van der Waals surface area contributed by atoms with E-state index in [4.69, 9.17) is 8.85 Å². The Labute approximate surface area is 101 Å². The predicted octanol–water partition coefficient (Wildman–Crippen LogP) is 3.85. The molecule has 0 spiro atoms. The van der Waals surface area contributed by atoms with Crippen LogP contribution >= 0.6 is 0 Å². The van der Waals surface area contributed by atoms with Gasteiger partial charge in [-0.25, -0.2) is 0 Å². The molecule has 0 radical (unpaired) electrons. The first kappa shape index (κ1) is 12.6. The predicted molar refractivity (Wildman–Crippen MR) is 68.7 cm³/mol. The van der Waals surface area contributed by atoms with Crippen LogP contribution in [0.5, 0.6) is 0 Å². The lowest BCUT2D eigenvalue weighted by Crippen LogP contribution is -2.51. The first-order chi connectivity index (χ1) is 7.48. The molecule has 0 aliphatic heterocycles. The Bertz CT molecular complexity index is 246. The van der Waals surface area contributed by atoms with E-state index in [1.165, 1.54) is 32.1 Å². The highest BCUT2D eigenvalue weighted by Gasteiger charge is 2.52. The third-order valence-electron chi connectivity index (χ3n) is 4.30. The third-order valence-corrected chi connectivity index (χ3v) is 8.16. The monoisotopic (exact) mass is 242 g/mol. The van der Waals surface area contributed by atoms with E-state index in [2.05, 4.69) is 27.3 Å². The minimum atomic E-state index is -1.90. The zero-order valence-electron chi connectivity index (χ0n) is 11.2. The van der Waals surface area contributed by atoms with Gasteiger partial charge in [0.2, 0.25) is 0 Å². The van der Waals surface area contributed by atoms with Gasteiger partial charge < -0.3 is 8.85 Å². The lowest BCUT2D eigenvalue weighted by Gasteiger charge is -2.45. The minimum Gasteiger partial charge on any atom is -0.394 e. The molecule has 2 aliphatic carbocycles. The van der Waals surface area contributed by atoms with Crippen molar-refractivity contribution in [2.75, 3.05) is 6.61 Å². The van der Waals surface area contributed by atoms with Crippen LogP contribution in [0.1, 0.15) is 52.9 Å². The van der Waals surface area contributed by atoms with Crippen molar-refractivity contribution in [2.45, 2.75) is 70.6 Å². The molecule has 16 heavy (non-hydrogen) atoms. The van der Waals surface area contributed by atoms with Crippen LogP contribution in [0.2, 0.25) is 12.1 Å². The summed E-state index contributed by atoms with van der Waals surface area (Å²) in [6.07, 6.45) is 6.71. The van der Waals surface area contributed by atoms with E-state index >= 15 is 0 Å². The Morgan fingerprint density at radius 3 is 2.19 bits per heavy atom. The normalized spacial score (nSPS) is 26.2. The number of hydrogen-bond acceptors (Lipinski definition) is 2. The summed E-state index contributed by atoms with van der Waals surface area (Å²) in [7, 11) is -1.90. The molecule has 0 aromatic heterocycles. The molecule has 1 atom stereocenters. The molecule has 2 saturated carbocycles. The molecule has 0 aromatic carbocycles. The lowest BCUT2D eigenvalue weighted by molar-refractivity contribution is -0.0266. The molecule has 1 unspecified atom stereocenters. The minimum absolute atomic E-state index is 0.0387. The summed E-state index contributed by atoms with van der Waals surface area (Å²) < 4.78 is 12.5. The Morgan fingerprint density at radius 1 is 1.19 bits per heavy atom. The van der Waals surface area contributed by atoms with E-state index < -0.39 is 8.56 Å². The van der Waals surface area contributed by atoms with E-state index in [0.717, 1.165) is 18.1 Å². The van der Waals surface area contributed by atoms with Gasteiger partial charge >= 0.3 is 8.56 Å². The maximum Gasteiger partial charge on any atom is 0.338 e. The zero-order valence-corrected chi connectivity index (χ0v) is 12.2. The van der Waals surface area contributed by atoms with Gasteiger partial charge in [-0.1, -0.05) is 6.42 Å². The molecular formula is C13H26O2Si. The fourth-order valence-corrected chi connectivity index (χ4v) is 6.30. The first-order valence-electron chi connectivity index (χ1n) is 6.82. The molecule has 2 aliphatic rings. The average molecular weight is 242 g/mol. The fourth-order valence-electron chi connectivity index (χ4n) is 2.83. The summed E-state index contributed by atoms with van der Waals surface area (Å²) >= 11 is 0. The van der Waals surface area contributed by atoms with Crippen molar-refractivity contribution in [2.24, 2.45) is 5.92 Å². The van der Waals surface area contributed by atoms with Crippen LogP contribution in [0.15, 0.2) is 0 Å². The molecule has 0 heterocycles. The van der Waals surface area contributed by atoms with Gasteiger partial charge in [0.25, 0.3) is 0 Å². The van der Waals surface area contributed by atoms with Crippen LogP contribution in [0.25, 0.3) is 0 Å². The van der Waals surface area contributed by atoms with Gasteiger partial charge in [-0.05, 0) is 58.9 Å². The van der Waals surface area contributed by atoms with Crippen molar-refractivity contribution >= 4 is 8.56 Å².